The van der Waals surface area contributed by atoms with Gasteiger partial charge in [-0.15, -0.1) is 0 Å². The zero-order valence-electron chi connectivity index (χ0n) is 9.99. The molecule has 2 rings (SSSR count). The molecule has 3 N–H and O–H groups in total. The third-order valence-electron chi connectivity index (χ3n) is 2.44. The lowest BCUT2D eigenvalue weighted by molar-refractivity contribution is 0.318. The Balaban J connectivity index is 0.00000128. The molecule has 0 amide bonds. The van der Waals surface area contributed by atoms with E-state index in [4.69, 9.17) is 4.74 Å². The molecule has 86 valence electrons. The van der Waals surface area contributed by atoms with Gasteiger partial charge in [-0.05, 0) is 36.2 Å². The average molecular weight is 217 g/mol. The van der Waals surface area contributed by atoms with Crippen molar-refractivity contribution in [1.82, 2.24) is 6.15 Å². The molecule has 2 aromatic carbocycles. The van der Waals surface area contributed by atoms with Crippen molar-refractivity contribution in [2.75, 3.05) is 6.61 Å². The van der Waals surface area contributed by atoms with Crippen LogP contribution in [0, 0.1) is 6.92 Å². The molecule has 0 radical (unpaired) electrons. The quantitative estimate of drug-likeness (QED) is 0.841. The van der Waals surface area contributed by atoms with Gasteiger partial charge in [0.25, 0.3) is 0 Å². The number of hydrogen-bond acceptors (Lipinski definition) is 2. The minimum atomic E-state index is 0. The predicted molar refractivity (Wildman–Crippen MR) is 69.5 cm³/mol. The van der Waals surface area contributed by atoms with E-state index in [2.05, 4.69) is 44.2 Å². The lowest BCUT2D eigenvalue weighted by Crippen LogP contribution is -1.94. The molecule has 0 saturated heterocycles. The van der Waals surface area contributed by atoms with Crippen molar-refractivity contribution < 1.29 is 4.74 Å². The standard InChI is InChI=1S/C14H16O.H3N/c1-3-8-15-14-7-6-12-5-4-11(2)9-13(12)10-14;/h4-7,9-10H,3,8H2,1-2H3;1H3. The number of benzene rings is 2. The summed E-state index contributed by atoms with van der Waals surface area (Å²) >= 11 is 0. The summed E-state index contributed by atoms with van der Waals surface area (Å²) in [5.41, 5.74) is 1.29. The third kappa shape index (κ3) is 2.74. The minimum Gasteiger partial charge on any atom is -0.494 e. The van der Waals surface area contributed by atoms with Crippen LogP contribution in [-0.4, -0.2) is 6.61 Å². The molecule has 0 aliphatic carbocycles. The van der Waals surface area contributed by atoms with E-state index in [-0.39, 0.29) is 6.15 Å². The first kappa shape index (κ1) is 12.5. The molecule has 2 heteroatoms. The highest BCUT2D eigenvalue weighted by molar-refractivity contribution is 5.84. The first-order valence-corrected chi connectivity index (χ1v) is 5.43. The van der Waals surface area contributed by atoms with Crippen LogP contribution >= 0.6 is 0 Å². The van der Waals surface area contributed by atoms with E-state index in [9.17, 15) is 0 Å². The molecule has 0 atom stereocenters. The van der Waals surface area contributed by atoms with Gasteiger partial charge in [0.15, 0.2) is 0 Å². The van der Waals surface area contributed by atoms with Gasteiger partial charge >= 0.3 is 0 Å². The molecule has 0 fully saturated rings. The van der Waals surface area contributed by atoms with Crippen molar-refractivity contribution in [3.8, 4) is 5.75 Å². The molecule has 0 unspecified atom stereocenters. The number of fused-ring (bicyclic) bond motifs is 1. The number of hydrogen-bond donors (Lipinski definition) is 1. The maximum atomic E-state index is 5.60. The highest BCUT2D eigenvalue weighted by Gasteiger charge is 1.97. The van der Waals surface area contributed by atoms with Crippen molar-refractivity contribution in [3.05, 3.63) is 42.0 Å². The summed E-state index contributed by atoms with van der Waals surface area (Å²) in [6, 6.07) is 12.7. The van der Waals surface area contributed by atoms with Crippen LogP contribution in [0.5, 0.6) is 5.75 Å². The molecule has 0 saturated carbocycles. The minimum absolute atomic E-state index is 0. The van der Waals surface area contributed by atoms with E-state index < -0.39 is 0 Å². The van der Waals surface area contributed by atoms with E-state index >= 15 is 0 Å². The molecule has 16 heavy (non-hydrogen) atoms. The Bertz CT molecular complexity index is 465. The Kier molecular flexibility index (Phi) is 4.32. The second-order valence-electron chi connectivity index (χ2n) is 3.86. The molecule has 0 aliphatic heterocycles. The second-order valence-corrected chi connectivity index (χ2v) is 3.86. The Morgan fingerprint density at radius 3 is 2.50 bits per heavy atom. The molecular weight excluding hydrogens is 198 g/mol. The van der Waals surface area contributed by atoms with Gasteiger partial charge in [-0.2, -0.15) is 0 Å². The van der Waals surface area contributed by atoms with Crippen LogP contribution in [0.4, 0.5) is 0 Å². The fourth-order valence-corrected chi connectivity index (χ4v) is 1.65. The van der Waals surface area contributed by atoms with Crippen LogP contribution in [-0.2, 0) is 0 Å². The largest absolute Gasteiger partial charge is 0.494 e. The van der Waals surface area contributed by atoms with Crippen molar-refractivity contribution in [1.29, 1.82) is 0 Å². The first-order chi connectivity index (χ1) is 7.29. The molecular formula is C14H19NO. The number of aryl methyl sites for hydroxylation is 1. The SMILES string of the molecule is CCCOc1ccc2ccc(C)cc2c1.N. The van der Waals surface area contributed by atoms with E-state index in [1.54, 1.807) is 0 Å². The fraction of sp³-hybridized carbons (Fsp3) is 0.286. The van der Waals surface area contributed by atoms with Gasteiger partial charge < -0.3 is 10.9 Å². The van der Waals surface area contributed by atoms with Gasteiger partial charge in [0.1, 0.15) is 5.75 Å². The van der Waals surface area contributed by atoms with Crippen molar-refractivity contribution in [3.63, 3.8) is 0 Å². The summed E-state index contributed by atoms with van der Waals surface area (Å²) in [5, 5.41) is 2.52. The Hall–Kier alpha value is -1.54. The lowest BCUT2D eigenvalue weighted by Gasteiger charge is -2.06. The fourth-order valence-electron chi connectivity index (χ4n) is 1.65. The van der Waals surface area contributed by atoms with Gasteiger partial charge in [0, 0.05) is 0 Å². The van der Waals surface area contributed by atoms with Gasteiger partial charge in [-0.25, -0.2) is 0 Å². The highest BCUT2D eigenvalue weighted by atomic mass is 16.5. The van der Waals surface area contributed by atoms with Crippen molar-refractivity contribution in [2.24, 2.45) is 0 Å². The Labute approximate surface area is 96.8 Å². The summed E-state index contributed by atoms with van der Waals surface area (Å²) in [4.78, 5) is 0. The molecule has 0 aromatic heterocycles. The van der Waals surface area contributed by atoms with Crippen LogP contribution in [0.15, 0.2) is 36.4 Å². The topological polar surface area (TPSA) is 44.2 Å². The van der Waals surface area contributed by atoms with Gasteiger partial charge in [-0.3, -0.25) is 0 Å². The number of rotatable bonds is 3. The van der Waals surface area contributed by atoms with Crippen LogP contribution in [0.1, 0.15) is 18.9 Å². The lowest BCUT2D eigenvalue weighted by atomic mass is 10.1. The molecule has 0 spiro atoms. The zero-order chi connectivity index (χ0) is 10.7. The summed E-state index contributed by atoms with van der Waals surface area (Å²) < 4.78 is 5.60. The Morgan fingerprint density at radius 1 is 1.00 bits per heavy atom. The predicted octanol–water partition coefficient (Wildman–Crippen LogP) is 4.10. The van der Waals surface area contributed by atoms with Crippen LogP contribution in [0.25, 0.3) is 10.8 Å². The van der Waals surface area contributed by atoms with E-state index in [1.165, 1.54) is 16.3 Å². The van der Waals surface area contributed by atoms with E-state index in [1.807, 2.05) is 6.07 Å². The van der Waals surface area contributed by atoms with Crippen LogP contribution in [0.2, 0.25) is 0 Å². The zero-order valence-corrected chi connectivity index (χ0v) is 9.99. The first-order valence-electron chi connectivity index (χ1n) is 5.43. The van der Waals surface area contributed by atoms with Crippen molar-refractivity contribution >= 4 is 10.8 Å². The maximum Gasteiger partial charge on any atom is 0.119 e. The maximum absolute atomic E-state index is 5.60. The van der Waals surface area contributed by atoms with Crippen LogP contribution < -0.4 is 10.9 Å². The van der Waals surface area contributed by atoms with Crippen LogP contribution in [0.3, 0.4) is 0 Å². The number of ether oxygens (including phenoxy) is 1. The molecule has 2 aromatic rings. The second kappa shape index (κ2) is 5.52. The summed E-state index contributed by atoms with van der Waals surface area (Å²) in [6.07, 6.45) is 1.05. The third-order valence-corrected chi connectivity index (χ3v) is 2.44. The summed E-state index contributed by atoms with van der Waals surface area (Å²) in [6.45, 7) is 5.02. The molecule has 0 bridgehead atoms. The highest BCUT2D eigenvalue weighted by Crippen LogP contribution is 2.21. The van der Waals surface area contributed by atoms with E-state index in [0.717, 1.165) is 18.8 Å². The van der Waals surface area contributed by atoms with Gasteiger partial charge in [0.05, 0.1) is 6.61 Å². The molecule has 0 aliphatic rings. The summed E-state index contributed by atoms with van der Waals surface area (Å²) in [5.74, 6) is 0.968. The smallest absolute Gasteiger partial charge is 0.119 e. The van der Waals surface area contributed by atoms with Gasteiger partial charge in [0.2, 0.25) is 0 Å². The van der Waals surface area contributed by atoms with E-state index in [0.29, 0.717) is 0 Å². The molecule has 0 heterocycles. The molecule has 2 nitrogen and oxygen atoms in total. The normalized spacial score (nSPS) is 9.88. The monoisotopic (exact) mass is 217 g/mol. The summed E-state index contributed by atoms with van der Waals surface area (Å²) in [7, 11) is 0. The average Bonchev–Trinajstić information content (AvgIpc) is 2.25. The Morgan fingerprint density at radius 2 is 1.75 bits per heavy atom. The van der Waals surface area contributed by atoms with Crippen molar-refractivity contribution in [2.45, 2.75) is 20.3 Å². The van der Waals surface area contributed by atoms with Gasteiger partial charge in [-0.1, -0.05) is 36.8 Å².